The molecule has 1 aliphatic carbocycles. The highest BCUT2D eigenvalue weighted by Crippen LogP contribution is 2.43. The third-order valence-corrected chi connectivity index (χ3v) is 5.02. The Morgan fingerprint density at radius 3 is 2.29 bits per heavy atom. The zero-order valence-corrected chi connectivity index (χ0v) is 14.8. The van der Waals surface area contributed by atoms with Crippen molar-refractivity contribution in [1.82, 2.24) is 0 Å². The van der Waals surface area contributed by atoms with Crippen LogP contribution < -0.4 is 0 Å². The van der Waals surface area contributed by atoms with Crippen LogP contribution in [0.3, 0.4) is 0 Å². The molecule has 1 N–H and O–H groups in total. The van der Waals surface area contributed by atoms with Crippen molar-refractivity contribution in [2.45, 2.75) is 51.4 Å². The summed E-state index contributed by atoms with van der Waals surface area (Å²) >= 11 is 0. The van der Waals surface area contributed by atoms with Gasteiger partial charge in [-0.1, -0.05) is 44.9 Å². The molecular weight excluding hydrogens is 289 g/mol. The van der Waals surface area contributed by atoms with Gasteiger partial charge in [0.15, 0.2) is 0 Å². The summed E-state index contributed by atoms with van der Waals surface area (Å²) in [5.41, 5.74) is 0. The molecule has 1 saturated carbocycles. The first-order chi connectivity index (χ1) is 9.79. The largest absolute Gasteiger partial charge is 0.472 e. The maximum Gasteiger partial charge on any atom is 0.472 e. The molecule has 6 heteroatoms. The lowest BCUT2D eigenvalue weighted by molar-refractivity contribution is -0.870. The lowest BCUT2D eigenvalue weighted by Crippen LogP contribution is -2.37. The second kappa shape index (κ2) is 9.26. The Bertz CT molecular complexity index is 324. The molecule has 126 valence electrons. The first-order valence-corrected chi connectivity index (χ1v) is 9.70. The molecule has 0 heterocycles. The molecule has 1 aliphatic rings. The van der Waals surface area contributed by atoms with Gasteiger partial charge in [0.2, 0.25) is 0 Å². The van der Waals surface area contributed by atoms with Gasteiger partial charge in [0.1, 0.15) is 13.2 Å². The standard InChI is InChI=1S/C15H32NO4P/c1-16(2,3)12-14-20-21(17,18)19-13-8-7-11-15-9-5-4-6-10-15/h15H,4-14H2,1-3H3/p+1. The summed E-state index contributed by atoms with van der Waals surface area (Å²) in [6.07, 6.45) is 9.96. The summed E-state index contributed by atoms with van der Waals surface area (Å²) in [5, 5.41) is 0. The average molecular weight is 322 g/mol. The van der Waals surface area contributed by atoms with Crippen molar-refractivity contribution in [1.29, 1.82) is 0 Å². The van der Waals surface area contributed by atoms with Crippen molar-refractivity contribution in [2.24, 2.45) is 5.92 Å². The van der Waals surface area contributed by atoms with Crippen LogP contribution in [0.2, 0.25) is 0 Å². The SMILES string of the molecule is C[N+](C)(C)CCOP(=O)(O)OCCCCC1CCCCC1. The molecular formula is C15H33NO4P+. The van der Waals surface area contributed by atoms with Crippen LogP contribution in [-0.2, 0) is 13.6 Å². The lowest BCUT2D eigenvalue weighted by atomic mass is 9.86. The third-order valence-electron chi connectivity index (χ3n) is 4.00. The number of hydrogen-bond acceptors (Lipinski definition) is 3. The van der Waals surface area contributed by atoms with Crippen molar-refractivity contribution in [3.05, 3.63) is 0 Å². The van der Waals surface area contributed by atoms with E-state index in [0.717, 1.165) is 18.8 Å². The minimum Gasteiger partial charge on any atom is -0.329 e. The molecule has 0 radical (unpaired) electrons. The van der Waals surface area contributed by atoms with E-state index in [4.69, 9.17) is 9.05 Å². The lowest BCUT2D eigenvalue weighted by Gasteiger charge is -2.24. The Morgan fingerprint density at radius 1 is 1.05 bits per heavy atom. The van der Waals surface area contributed by atoms with Gasteiger partial charge in [-0.15, -0.1) is 0 Å². The zero-order valence-electron chi connectivity index (χ0n) is 13.9. The van der Waals surface area contributed by atoms with Crippen LogP contribution in [0.15, 0.2) is 0 Å². The second-order valence-corrected chi connectivity index (χ2v) is 8.60. The second-order valence-electron chi connectivity index (χ2n) is 7.15. The quantitative estimate of drug-likeness (QED) is 0.379. The van der Waals surface area contributed by atoms with Gasteiger partial charge in [-0.2, -0.15) is 0 Å². The minimum atomic E-state index is -3.86. The average Bonchev–Trinajstić information content (AvgIpc) is 2.37. The van der Waals surface area contributed by atoms with Crippen molar-refractivity contribution < 1.29 is 23.0 Å². The molecule has 21 heavy (non-hydrogen) atoms. The van der Waals surface area contributed by atoms with E-state index in [1.807, 2.05) is 21.1 Å². The Kier molecular flexibility index (Phi) is 8.43. The van der Waals surface area contributed by atoms with Crippen LogP contribution in [0.5, 0.6) is 0 Å². The smallest absolute Gasteiger partial charge is 0.329 e. The minimum absolute atomic E-state index is 0.235. The van der Waals surface area contributed by atoms with E-state index >= 15 is 0 Å². The van der Waals surface area contributed by atoms with Gasteiger partial charge in [-0.05, 0) is 12.3 Å². The molecule has 0 bridgehead atoms. The maximum atomic E-state index is 11.7. The summed E-state index contributed by atoms with van der Waals surface area (Å²) < 4.78 is 22.4. The van der Waals surface area contributed by atoms with Gasteiger partial charge in [-0.3, -0.25) is 9.05 Å². The molecule has 1 unspecified atom stereocenters. The predicted octanol–water partition coefficient (Wildman–Crippen LogP) is 3.58. The Labute approximate surface area is 129 Å². The zero-order chi connectivity index (χ0) is 15.8. The van der Waals surface area contributed by atoms with Crippen LogP contribution in [0, 0.1) is 5.92 Å². The van der Waals surface area contributed by atoms with E-state index in [1.54, 1.807) is 0 Å². The Balaban J connectivity index is 2.03. The predicted molar refractivity (Wildman–Crippen MR) is 85.1 cm³/mol. The number of phosphoric acid groups is 1. The molecule has 0 aromatic carbocycles. The van der Waals surface area contributed by atoms with E-state index in [1.165, 1.54) is 38.5 Å². The number of nitrogens with zero attached hydrogens (tertiary/aromatic N) is 1. The molecule has 1 fully saturated rings. The normalized spacial score (nSPS) is 20.4. The van der Waals surface area contributed by atoms with Crippen LogP contribution in [0.4, 0.5) is 0 Å². The molecule has 0 amide bonds. The van der Waals surface area contributed by atoms with E-state index in [0.29, 0.717) is 17.6 Å². The number of rotatable bonds is 10. The summed E-state index contributed by atoms with van der Waals surface area (Å²) in [5.74, 6) is 0.862. The van der Waals surface area contributed by atoms with E-state index in [2.05, 4.69) is 0 Å². The fraction of sp³-hybridized carbons (Fsp3) is 1.00. The van der Waals surface area contributed by atoms with Crippen LogP contribution in [0.25, 0.3) is 0 Å². The maximum absolute atomic E-state index is 11.7. The Morgan fingerprint density at radius 2 is 1.67 bits per heavy atom. The summed E-state index contributed by atoms with van der Waals surface area (Å²) in [6.45, 7) is 1.22. The van der Waals surface area contributed by atoms with E-state index in [9.17, 15) is 9.46 Å². The summed E-state index contributed by atoms with van der Waals surface area (Å²) in [6, 6.07) is 0. The summed E-state index contributed by atoms with van der Waals surface area (Å²) in [4.78, 5) is 9.56. The van der Waals surface area contributed by atoms with Gasteiger partial charge < -0.3 is 9.38 Å². The third kappa shape index (κ3) is 10.4. The van der Waals surface area contributed by atoms with Gasteiger partial charge in [0.25, 0.3) is 0 Å². The highest BCUT2D eigenvalue weighted by atomic mass is 31.2. The van der Waals surface area contributed by atoms with E-state index < -0.39 is 7.82 Å². The molecule has 0 saturated heterocycles. The highest BCUT2D eigenvalue weighted by molar-refractivity contribution is 7.47. The monoisotopic (exact) mass is 322 g/mol. The molecule has 0 aromatic rings. The molecule has 1 atom stereocenters. The van der Waals surface area contributed by atoms with Gasteiger partial charge in [0, 0.05) is 0 Å². The van der Waals surface area contributed by atoms with Gasteiger partial charge in [0.05, 0.1) is 27.7 Å². The van der Waals surface area contributed by atoms with Gasteiger partial charge >= 0.3 is 7.82 Å². The molecule has 0 aromatic heterocycles. The van der Waals surface area contributed by atoms with Crippen molar-refractivity contribution in [3.63, 3.8) is 0 Å². The van der Waals surface area contributed by atoms with Crippen LogP contribution in [0.1, 0.15) is 51.4 Å². The van der Waals surface area contributed by atoms with Crippen molar-refractivity contribution >= 4 is 7.82 Å². The Hall–Kier alpha value is 0.0700. The number of quaternary nitrogens is 1. The first kappa shape index (κ1) is 19.1. The highest BCUT2D eigenvalue weighted by Gasteiger charge is 2.22. The topological polar surface area (TPSA) is 55.8 Å². The molecule has 0 spiro atoms. The fourth-order valence-electron chi connectivity index (χ4n) is 2.66. The van der Waals surface area contributed by atoms with Crippen LogP contribution in [-0.4, -0.2) is 50.3 Å². The van der Waals surface area contributed by atoms with Gasteiger partial charge in [-0.25, -0.2) is 4.57 Å². The number of unbranched alkanes of at least 4 members (excludes halogenated alkanes) is 1. The van der Waals surface area contributed by atoms with Crippen molar-refractivity contribution in [3.8, 4) is 0 Å². The van der Waals surface area contributed by atoms with Crippen molar-refractivity contribution in [2.75, 3.05) is 40.9 Å². The fourth-order valence-corrected chi connectivity index (χ4v) is 3.40. The number of phosphoric ester groups is 1. The first-order valence-electron chi connectivity index (χ1n) is 8.21. The number of hydrogen-bond donors (Lipinski definition) is 1. The van der Waals surface area contributed by atoms with E-state index in [-0.39, 0.29) is 6.61 Å². The number of likely N-dealkylation sites (N-methyl/N-ethyl adjacent to an activating group) is 1. The summed E-state index contributed by atoms with van der Waals surface area (Å²) in [7, 11) is 2.17. The molecule has 0 aliphatic heterocycles. The molecule has 5 nitrogen and oxygen atoms in total. The molecule has 1 rings (SSSR count). The van der Waals surface area contributed by atoms with Crippen LogP contribution >= 0.6 is 7.82 Å².